The Bertz CT molecular complexity index is 252. The van der Waals surface area contributed by atoms with Crippen LogP contribution < -0.4 is 5.32 Å². The average molecular weight is 343 g/mol. The number of ether oxygens (including phenoxy) is 2. The van der Waals surface area contributed by atoms with Crippen molar-refractivity contribution in [1.29, 1.82) is 0 Å². The second-order valence-electron chi connectivity index (χ2n) is 6.05. The van der Waals surface area contributed by atoms with Crippen LogP contribution in [-0.4, -0.2) is 64.6 Å². The Morgan fingerprint density at radius 1 is 0.952 bits per heavy atom. The number of piperidine rings is 1. The molecule has 0 aromatic rings. The van der Waals surface area contributed by atoms with Crippen LogP contribution in [0.15, 0.2) is 0 Å². The van der Waals surface area contributed by atoms with Gasteiger partial charge in [-0.25, -0.2) is 0 Å². The molecule has 0 atom stereocenters. The van der Waals surface area contributed by atoms with Gasteiger partial charge < -0.3 is 19.7 Å². The number of halogens is 2. The van der Waals surface area contributed by atoms with E-state index in [1.54, 1.807) is 7.11 Å². The molecule has 2 aliphatic rings. The van der Waals surface area contributed by atoms with Crippen molar-refractivity contribution in [3.05, 3.63) is 0 Å². The molecule has 2 heterocycles. The number of hydrogen-bond donors (Lipinski definition) is 1. The van der Waals surface area contributed by atoms with Gasteiger partial charge in [-0.05, 0) is 63.7 Å². The molecule has 0 amide bonds. The molecule has 1 spiro atoms. The summed E-state index contributed by atoms with van der Waals surface area (Å²) in [5.41, 5.74) is 0.650. The number of rotatable bonds is 6. The second kappa shape index (κ2) is 11.9. The van der Waals surface area contributed by atoms with Crippen LogP contribution in [0.5, 0.6) is 0 Å². The van der Waals surface area contributed by atoms with E-state index < -0.39 is 0 Å². The minimum absolute atomic E-state index is 0. The lowest BCUT2D eigenvalue weighted by Gasteiger charge is -2.37. The molecule has 0 radical (unpaired) electrons. The highest BCUT2D eigenvalue weighted by Gasteiger charge is 2.33. The van der Waals surface area contributed by atoms with Crippen molar-refractivity contribution in [3.63, 3.8) is 0 Å². The van der Waals surface area contributed by atoms with E-state index in [4.69, 9.17) is 9.47 Å². The van der Waals surface area contributed by atoms with Crippen molar-refractivity contribution < 1.29 is 9.47 Å². The van der Waals surface area contributed by atoms with Crippen LogP contribution >= 0.6 is 24.8 Å². The van der Waals surface area contributed by atoms with Gasteiger partial charge in [-0.1, -0.05) is 0 Å². The van der Waals surface area contributed by atoms with Gasteiger partial charge in [0.25, 0.3) is 0 Å². The van der Waals surface area contributed by atoms with E-state index in [1.165, 1.54) is 58.3 Å². The molecule has 0 aromatic carbocycles. The van der Waals surface area contributed by atoms with Crippen LogP contribution in [0.2, 0.25) is 0 Å². The minimum Gasteiger partial charge on any atom is -0.382 e. The van der Waals surface area contributed by atoms with E-state index in [1.807, 2.05) is 0 Å². The fourth-order valence-corrected chi connectivity index (χ4v) is 3.43. The number of nitrogens with zero attached hydrogens (tertiary/aromatic N) is 1. The maximum absolute atomic E-state index is 5.58. The van der Waals surface area contributed by atoms with Crippen LogP contribution in [0.25, 0.3) is 0 Å². The number of likely N-dealkylation sites (tertiary alicyclic amines) is 1. The number of methoxy groups -OCH3 is 1. The summed E-state index contributed by atoms with van der Waals surface area (Å²) < 4.78 is 10.6. The molecule has 0 unspecified atom stereocenters. The molecule has 6 heteroatoms. The molecule has 0 bridgehead atoms. The smallest absolute Gasteiger partial charge is 0.0700 e. The molecular weight excluding hydrogens is 311 g/mol. The van der Waals surface area contributed by atoms with E-state index in [9.17, 15) is 0 Å². The standard InChI is InChI=1S/C15H30N2O2.2ClH/c1-18-13-14-19-12-11-17-9-2-3-15(6-10-17)4-7-16-8-5-15;;/h16H,2-14H2,1H3;2*1H. The Balaban J connectivity index is 0.00000200. The van der Waals surface area contributed by atoms with Crippen LogP contribution in [-0.2, 0) is 9.47 Å². The summed E-state index contributed by atoms with van der Waals surface area (Å²) in [5, 5.41) is 3.50. The Hall–Kier alpha value is 0.420. The number of nitrogens with one attached hydrogen (secondary N) is 1. The average Bonchev–Trinajstić information content (AvgIpc) is 2.63. The lowest BCUT2D eigenvalue weighted by atomic mass is 9.73. The Morgan fingerprint density at radius 3 is 2.43 bits per heavy atom. The molecule has 2 aliphatic heterocycles. The summed E-state index contributed by atoms with van der Waals surface area (Å²) in [6, 6.07) is 0. The predicted molar refractivity (Wildman–Crippen MR) is 92.0 cm³/mol. The number of hydrogen-bond acceptors (Lipinski definition) is 4. The summed E-state index contributed by atoms with van der Waals surface area (Å²) >= 11 is 0. The molecule has 2 rings (SSSR count). The predicted octanol–water partition coefficient (Wildman–Crippen LogP) is 2.35. The molecule has 0 aromatic heterocycles. The third kappa shape index (κ3) is 7.49. The molecule has 2 saturated heterocycles. The fraction of sp³-hybridized carbons (Fsp3) is 1.00. The first-order valence-corrected chi connectivity index (χ1v) is 7.84. The van der Waals surface area contributed by atoms with Crippen LogP contribution in [0, 0.1) is 5.41 Å². The SMILES string of the molecule is COCCOCCN1CCCC2(CCNCC2)CC1.Cl.Cl. The Morgan fingerprint density at radius 2 is 1.71 bits per heavy atom. The fourth-order valence-electron chi connectivity index (χ4n) is 3.43. The summed E-state index contributed by atoms with van der Waals surface area (Å²) in [5.74, 6) is 0. The Kier molecular flexibility index (Phi) is 12.2. The molecule has 21 heavy (non-hydrogen) atoms. The summed E-state index contributed by atoms with van der Waals surface area (Å²) in [7, 11) is 1.72. The molecule has 0 aliphatic carbocycles. The van der Waals surface area contributed by atoms with Crippen molar-refractivity contribution in [3.8, 4) is 0 Å². The lowest BCUT2D eigenvalue weighted by Crippen LogP contribution is -2.37. The van der Waals surface area contributed by atoms with E-state index in [0.29, 0.717) is 12.0 Å². The highest BCUT2D eigenvalue weighted by molar-refractivity contribution is 5.85. The molecule has 128 valence electrons. The highest BCUT2D eigenvalue weighted by atomic mass is 35.5. The van der Waals surface area contributed by atoms with Gasteiger partial charge in [0.2, 0.25) is 0 Å². The quantitative estimate of drug-likeness (QED) is 0.751. The first kappa shape index (κ1) is 21.4. The Labute approximate surface area is 142 Å². The van der Waals surface area contributed by atoms with E-state index in [2.05, 4.69) is 10.2 Å². The zero-order valence-electron chi connectivity index (χ0n) is 13.3. The normalized spacial score (nSPS) is 22.1. The first-order chi connectivity index (χ1) is 9.35. The first-order valence-electron chi connectivity index (χ1n) is 7.84. The van der Waals surface area contributed by atoms with Gasteiger partial charge in [0, 0.05) is 13.7 Å². The van der Waals surface area contributed by atoms with Crippen LogP contribution in [0.4, 0.5) is 0 Å². The summed E-state index contributed by atoms with van der Waals surface area (Å²) in [4.78, 5) is 2.59. The van der Waals surface area contributed by atoms with Gasteiger partial charge in [0.15, 0.2) is 0 Å². The molecular formula is C15H32Cl2N2O2. The van der Waals surface area contributed by atoms with Crippen molar-refractivity contribution in [1.82, 2.24) is 10.2 Å². The third-order valence-electron chi connectivity index (χ3n) is 4.79. The zero-order chi connectivity index (χ0) is 13.4. The summed E-state index contributed by atoms with van der Waals surface area (Å²) in [6.07, 6.45) is 6.93. The maximum Gasteiger partial charge on any atom is 0.0700 e. The highest BCUT2D eigenvalue weighted by Crippen LogP contribution is 2.39. The molecule has 4 nitrogen and oxygen atoms in total. The summed E-state index contributed by atoms with van der Waals surface area (Å²) in [6.45, 7) is 8.31. The topological polar surface area (TPSA) is 33.7 Å². The van der Waals surface area contributed by atoms with Gasteiger partial charge in [0.1, 0.15) is 0 Å². The van der Waals surface area contributed by atoms with Crippen molar-refractivity contribution in [2.45, 2.75) is 32.1 Å². The van der Waals surface area contributed by atoms with E-state index in [-0.39, 0.29) is 24.8 Å². The van der Waals surface area contributed by atoms with Gasteiger partial charge in [-0.3, -0.25) is 0 Å². The van der Waals surface area contributed by atoms with Crippen molar-refractivity contribution >= 4 is 24.8 Å². The van der Waals surface area contributed by atoms with Crippen LogP contribution in [0.3, 0.4) is 0 Å². The molecule has 0 saturated carbocycles. The minimum atomic E-state index is 0. The van der Waals surface area contributed by atoms with Crippen LogP contribution in [0.1, 0.15) is 32.1 Å². The van der Waals surface area contributed by atoms with Crippen molar-refractivity contribution in [2.75, 3.05) is 59.7 Å². The van der Waals surface area contributed by atoms with E-state index in [0.717, 1.165) is 19.8 Å². The molecule has 2 fully saturated rings. The maximum atomic E-state index is 5.58. The monoisotopic (exact) mass is 342 g/mol. The molecule has 1 N–H and O–H groups in total. The second-order valence-corrected chi connectivity index (χ2v) is 6.05. The van der Waals surface area contributed by atoms with Gasteiger partial charge >= 0.3 is 0 Å². The van der Waals surface area contributed by atoms with Gasteiger partial charge in [-0.15, -0.1) is 24.8 Å². The third-order valence-corrected chi connectivity index (χ3v) is 4.79. The zero-order valence-corrected chi connectivity index (χ0v) is 14.9. The van der Waals surface area contributed by atoms with E-state index >= 15 is 0 Å². The van der Waals surface area contributed by atoms with Gasteiger partial charge in [-0.2, -0.15) is 0 Å². The largest absolute Gasteiger partial charge is 0.382 e. The van der Waals surface area contributed by atoms with Gasteiger partial charge in [0.05, 0.1) is 19.8 Å². The van der Waals surface area contributed by atoms with Crippen molar-refractivity contribution in [2.24, 2.45) is 5.41 Å². The lowest BCUT2D eigenvalue weighted by molar-refractivity contribution is 0.0567.